The molecule has 11 heteroatoms. The van der Waals surface area contributed by atoms with Crippen LogP contribution in [0.15, 0.2) is 36.4 Å². The number of nitrogens with one attached hydrogen (secondary N) is 1. The predicted molar refractivity (Wildman–Crippen MR) is 152 cm³/mol. The largest absolute Gasteiger partial charge is 0.379 e. The topological polar surface area (TPSA) is 91.1 Å². The summed E-state index contributed by atoms with van der Waals surface area (Å²) in [6, 6.07) is 9.04. The van der Waals surface area contributed by atoms with Crippen molar-refractivity contribution >= 4 is 40.7 Å². The number of nitrogens with zero attached hydrogens (tertiary/aromatic N) is 3. The lowest BCUT2D eigenvalue weighted by atomic mass is 9.99. The van der Waals surface area contributed by atoms with Crippen LogP contribution in [0.5, 0.6) is 0 Å². The monoisotopic (exact) mass is 579 g/mol. The average molecular weight is 581 g/mol. The lowest BCUT2D eigenvalue weighted by molar-refractivity contribution is -0.146. The van der Waals surface area contributed by atoms with Crippen molar-refractivity contribution in [3.05, 3.63) is 63.4 Å². The van der Waals surface area contributed by atoms with E-state index in [1.165, 1.54) is 6.07 Å². The molecule has 0 aromatic heterocycles. The summed E-state index contributed by atoms with van der Waals surface area (Å²) in [5, 5.41) is 4.04. The molecule has 2 heterocycles. The molecule has 2 amide bonds. The van der Waals surface area contributed by atoms with Crippen LogP contribution < -0.4 is 16.0 Å². The number of benzene rings is 2. The summed E-state index contributed by atoms with van der Waals surface area (Å²) in [4.78, 5) is 32.0. The lowest BCUT2D eigenvalue weighted by Crippen LogP contribution is -2.60. The van der Waals surface area contributed by atoms with Gasteiger partial charge in [-0.25, -0.2) is 4.39 Å². The Bertz CT molecular complexity index is 1170. The number of amides is 2. The van der Waals surface area contributed by atoms with Gasteiger partial charge >= 0.3 is 0 Å². The average Bonchev–Trinajstić information content (AvgIpc) is 2.93. The van der Waals surface area contributed by atoms with Gasteiger partial charge in [0, 0.05) is 74.1 Å². The molecule has 3 atom stereocenters. The van der Waals surface area contributed by atoms with Gasteiger partial charge in [-0.3, -0.25) is 9.59 Å². The Kier molecular flexibility index (Phi) is 10.1. The van der Waals surface area contributed by atoms with Crippen molar-refractivity contribution in [3.63, 3.8) is 0 Å². The number of carbonyl (C=O) groups excluding carboxylic acids is 2. The van der Waals surface area contributed by atoms with Crippen molar-refractivity contribution < 1.29 is 18.7 Å². The molecule has 4 rings (SSSR count). The van der Waals surface area contributed by atoms with E-state index in [-0.39, 0.29) is 30.3 Å². The van der Waals surface area contributed by atoms with Crippen molar-refractivity contribution in [3.8, 4) is 0 Å². The van der Waals surface area contributed by atoms with Crippen molar-refractivity contribution in [2.75, 3.05) is 57.8 Å². The Morgan fingerprint density at radius 1 is 1.13 bits per heavy atom. The van der Waals surface area contributed by atoms with Gasteiger partial charge in [0.1, 0.15) is 11.9 Å². The van der Waals surface area contributed by atoms with Crippen LogP contribution in [0.4, 0.5) is 10.1 Å². The molecular formula is C28H36Cl2FN5O3. The van der Waals surface area contributed by atoms with Crippen molar-refractivity contribution in [1.82, 2.24) is 15.1 Å². The van der Waals surface area contributed by atoms with Gasteiger partial charge in [0.15, 0.2) is 0 Å². The minimum atomic E-state index is -0.671. The Morgan fingerprint density at radius 2 is 1.87 bits per heavy atom. The first-order valence-corrected chi connectivity index (χ1v) is 14.0. The fourth-order valence-corrected chi connectivity index (χ4v) is 5.81. The SMILES string of the molecule is CCC(OC)C(N)c1ccc(N2CCN(C(=O)C(Cc3ccc(Cl)cc3Cl)N3CCNCC3=O)CC2)cc1F. The summed E-state index contributed by atoms with van der Waals surface area (Å²) < 4.78 is 20.4. The zero-order chi connectivity index (χ0) is 28.1. The molecule has 212 valence electrons. The van der Waals surface area contributed by atoms with Gasteiger partial charge in [0.05, 0.1) is 18.7 Å². The van der Waals surface area contributed by atoms with Gasteiger partial charge in [-0.2, -0.15) is 0 Å². The number of ether oxygens (including phenoxy) is 1. The van der Waals surface area contributed by atoms with E-state index >= 15 is 4.39 Å². The first kappa shape index (κ1) is 29.6. The van der Waals surface area contributed by atoms with Crippen LogP contribution in [-0.2, 0) is 20.7 Å². The van der Waals surface area contributed by atoms with Crippen LogP contribution in [-0.4, -0.2) is 86.7 Å². The first-order valence-electron chi connectivity index (χ1n) is 13.3. The number of nitrogens with two attached hydrogens (primary N) is 1. The number of hydrogen-bond donors (Lipinski definition) is 2. The van der Waals surface area contributed by atoms with Crippen LogP contribution in [0.25, 0.3) is 0 Å². The van der Waals surface area contributed by atoms with E-state index in [2.05, 4.69) is 10.2 Å². The highest BCUT2D eigenvalue weighted by atomic mass is 35.5. The van der Waals surface area contributed by atoms with Crippen molar-refractivity contribution in [1.29, 1.82) is 0 Å². The minimum Gasteiger partial charge on any atom is -0.379 e. The highest BCUT2D eigenvalue weighted by molar-refractivity contribution is 6.35. The van der Waals surface area contributed by atoms with Crippen LogP contribution in [0, 0.1) is 5.82 Å². The molecule has 0 radical (unpaired) electrons. The standard InChI is InChI=1S/C28H36Cl2FN5O3/c1-3-25(39-2)27(32)21-7-6-20(16-23(21)31)34-10-12-35(13-11-34)28(38)24(36-9-8-33-17-26(36)37)14-18-4-5-19(29)15-22(18)30/h4-7,15-16,24-25,27,33H,3,8-14,17,32H2,1-2H3. The molecule has 2 aromatic rings. The second kappa shape index (κ2) is 13.3. The second-order valence-corrected chi connectivity index (χ2v) is 10.8. The van der Waals surface area contributed by atoms with Crippen LogP contribution >= 0.6 is 23.2 Å². The smallest absolute Gasteiger partial charge is 0.245 e. The minimum absolute atomic E-state index is 0.115. The number of halogens is 3. The quantitative estimate of drug-likeness (QED) is 0.474. The maximum atomic E-state index is 15.0. The number of anilines is 1. The molecular weight excluding hydrogens is 544 g/mol. The molecule has 0 saturated carbocycles. The van der Waals surface area contributed by atoms with E-state index in [0.29, 0.717) is 67.7 Å². The number of methoxy groups -OCH3 is 1. The van der Waals surface area contributed by atoms with Gasteiger partial charge in [-0.1, -0.05) is 42.3 Å². The van der Waals surface area contributed by atoms with Crippen LogP contribution in [0.2, 0.25) is 10.0 Å². The number of rotatable bonds is 9. The van der Waals surface area contributed by atoms with Crippen molar-refractivity contribution in [2.24, 2.45) is 5.73 Å². The molecule has 0 spiro atoms. The van der Waals surface area contributed by atoms with Gasteiger partial charge < -0.3 is 30.5 Å². The third kappa shape index (κ3) is 6.84. The molecule has 3 N–H and O–H groups in total. The molecule has 39 heavy (non-hydrogen) atoms. The number of piperazine rings is 2. The highest BCUT2D eigenvalue weighted by Crippen LogP contribution is 2.28. The Morgan fingerprint density at radius 3 is 2.49 bits per heavy atom. The summed E-state index contributed by atoms with van der Waals surface area (Å²) in [5.41, 5.74) is 8.16. The van der Waals surface area contributed by atoms with Crippen LogP contribution in [0.3, 0.4) is 0 Å². The summed E-state index contributed by atoms with van der Waals surface area (Å²) in [6.45, 7) is 5.19. The number of carbonyl (C=O) groups is 2. The fourth-order valence-electron chi connectivity index (χ4n) is 5.32. The van der Waals surface area contributed by atoms with E-state index in [9.17, 15) is 9.59 Å². The third-order valence-corrected chi connectivity index (χ3v) is 8.21. The summed E-state index contributed by atoms with van der Waals surface area (Å²) in [7, 11) is 1.58. The first-order chi connectivity index (χ1) is 18.7. The molecule has 2 fully saturated rings. The zero-order valence-electron chi connectivity index (χ0n) is 22.3. The molecule has 3 unspecified atom stereocenters. The maximum absolute atomic E-state index is 15.0. The Balaban J connectivity index is 1.46. The molecule has 2 saturated heterocycles. The van der Waals surface area contributed by atoms with Crippen molar-refractivity contribution in [2.45, 2.75) is 38.0 Å². The predicted octanol–water partition coefficient (Wildman–Crippen LogP) is 3.25. The van der Waals surface area contributed by atoms with E-state index < -0.39 is 12.1 Å². The molecule has 2 aliphatic rings. The second-order valence-electron chi connectivity index (χ2n) is 9.95. The summed E-state index contributed by atoms with van der Waals surface area (Å²) in [6.07, 6.45) is 0.714. The van der Waals surface area contributed by atoms with E-state index in [4.69, 9.17) is 33.7 Å². The summed E-state index contributed by atoms with van der Waals surface area (Å²) in [5.74, 6) is -0.601. The third-order valence-electron chi connectivity index (χ3n) is 7.62. The number of hydrogen-bond acceptors (Lipinski definition) is 6. The molecule has 0 aliphatic carbocycles. The lowest BCUT2D eigenvalue weighted by Gasteiger charge is -2.41. The molecule has 0 bridgehead atoms. The maximum Gasteiger partial charge on any atom is 0.245 e. The van der Waals surface area contributed by atoms with Gasteiger partial charge in [0.2, 0.25) is 11.8 Å². The van der Waals surface area contributed by atoms with Gasteiger partial charge in [-0.05, 0) is 36.2 Å². The Hall–Kier alpha value is -2.43. The van der Waals surface area contributed by atoms with E-state index in [0.717, 1.165) is 11.3 Å². The molecule has 2 aromatic carbocycles. The zero-order valence-corrected chi connectivity index (χ0v) is 23.8. The van der Waals surface area contributed by atoms with Gasteiger partial charge in [-0.15, -0.1) is 0 Å². The molecule has 2 aliphatic heterocycles. The van der Waals surface area contributed by atoms with Gasteiger partial charge in [0.25, 0.3) is 0 Å². The van der Waals surface area contributed by atoms with E-state index in [1.807, 2.05) is 13.0 Å². The normalized spacial score (nSPS) is 18.7. The Labute approximate surface area is 239 Å². The molecule has 8 nitrogen and oxygen atoms in total. The van der Waals surface area contributed by atoms with E-state index in [1.54, 1.807) is 41.2 Å². The summed E-state index contributed by atoms with van der Waals surface area (Å²) >= 11 is 12.5. The fraction of sp³-hybridized carbons (Fsp3) is 0.500. The highest BCUT2D eigenvalue weighted by Gasteiger charge is 2.36. The van der Waals surface area contributed by atoms with Crippen LogP contribution in [0.1, 0.15) is 30.5 Å².